The first kappa shape index (κ1) is 29.1. The van der Waals surface area contributed by atoms with E-state index in [0.717, 1.165) is 11.3 Å². The van der Waals surface area contributed by atoms with Gasteiger partial charge in [0, 0.05) is 5.56 Å². The molecule has 1 saturated heterocycles. The zero-order chi connectivity index (χ0) is 30.1. The van der Waals surface area contributed by atoms with Crippen LogP contribution in [0.4, 0.5) is 5.69 Å². The predicted molar refractivity (Wildman–Crippen MR) is 162 cm³/mol. The number of nitrogens with one attached hydrogen (secondary N) is 1. The van der Waals surface area contributed by atoms with Crippen LogP contribution < -0.4 is 29.8 Å². The Morgan fingerprint density at radius 3 is 2.50 bits per heavy atom. The number of fused-ring (bicyclic) bond motifs is 1. The number of hydrogen-bond acceptors (Lipinski definition) is 9. The fourth-order valence-electron chi connectivity index (χ4n) is 4.88. The average Bonchev–Trinajstić information content (AvgIpc) is 3.25. The fourth-order valence-corrected chi connectivity index (χ4v) is 6.23. The Hall–Kier alpha value is -4.42. The van der Waals surface area contributed by atoms with Crippen molar-refractivity contribution in [1.29, 1.82) is 0 Å². The highest BCUT2D eigenvalue weighted by molar-refractivity contribution is 7.80. The van der Waals surface area contributed by atoms with Gasteiger partial charge in [0.2, 0.25) is 11.8 Å². The molecule has 3 heterocycles. The van der Waals surface area contributed by atoms with Crippen LogP contribution in [0.3, 0.4) is 0 Å². The number of amides is 2. The standard InChI is InChI=1S/C30H28N4O6S2/c1-5-39-28(38)23-17(4)31-30-34(24(23)19-13-9-10-14-21(19)40-16(2)3)27(37)22(42-30)15-20-25(35)32-29(41)33(26(20)36)18-11-7-6-8-12-18/h6-16,20,24H,5H2,1-4H3,(H,32,35,41)/b22-15+/t20-,24+/m0/s1. The number of carbonyl (C=O) groups is 3. The van der Waals surface area contributed by atoms with Gasteiger partial charge in [0.15, 0.2) is 9.91 Å². The molecule has 2 aliphatic heterocycles. The van der Waals surface area contributed by atoms with Crippen molar-refractivity contribution >= 4 is 58.2 Å². The van der Waals surface area contributed by atoms with E-state index in [1.54, 1.807) is 62.4 Å². The van der Waals surface area contributed by atoms with E-state index in [9.17, 15) is 19.2 Å². The van der Waals surface area contributed by atoms with E-state index in [-0.39, 0.29) is 27.9 Å². The lowest BCUT2D eigenvalue weighted by atomic mass is 9.95. The van der Waals surface area contributed by atoms with Crippen molar-refractivity contribution in [3.8, 4) is 5.75 Å². The van der Waals surface area contributed by atoms with Crippen LogP contribution in [0.2, 0.25) is 0 Å². The van der Waals surface area contributed by atoms with E-state index < -0.39 is 35.3 Å². The van der Waals surface area contributed by atoms with E-state index >= 15 is 0 Å². The predicted octanol–water partition coefficient (Wildman–Crippen LogP) is 2.60. The van der Waals surface area contributed by atoms with Crippen LogP contribution >= 0.6 is 23.6 Å². The third kappa shape index (κ3) is 5.30. The Labute approximate surface area is 250 Å². The largest absolute Gasteiger partial charge is 0.491 e. The molecular weight excluding hydrogens is 576 g/mol. The number of ether oxygens (including phenoxy) is 2. The van der Waals surface area contributed by atoms with Gasteiger partial charge in [-0.25, -0.2) is 9.79 Å². The number of nitrogens with zero attached hydrogens (tertiary/aromatic N) is 3. The SMILES string of the molecule is CCOC(=O)C1=C(C)N=c2s/c(=C/[C@H]3C(=O)NC(=S)N(c4ccccc4)C3=O)c(=O)n2[C@@H]1c1ccccc1OC(C)C. The molecule has 1 aromatic heterocycles. The average molecular weight is 605 g/mol. The van der Waals surface area contributed by atoms with Crippen LogP contribution in [-0.4, -0.2) is 40.2 Å². The maximum absolute atomic E-state index is 14.1. The second kappa shape index (κ2) is 11.8. The van der Waals surface area contributed by atoms with Gasteiger partial charge in [-0.15, -0.1) is 0 Å². The van der Waals surface area contributed by atoms with Gasteiger partial charge in [0.05, 0.1) is 34.2 Å². The van der Waals surface area contributed by atoms with Crippen molar-refractivity contribution < 1.29 is 23.9 Å². The normalized spacial score (nSPS) is 19.0. The second-order valence-electron chi connectivity index (χ2n) is 9.81. The van der Waals surface area contributed by atoms with Gasteiger partial charge in [0.25, 0.3) is 5.56 Å². The highest BCUT2D eigenvalue weighted by Gasteiger charge is 2.39. The van der Waals surface area contributed by atoms with Gasteiger partial charge in [-0.05, 0) is 64.2 Å². The summed E-state index contributed by atoms with van der Waals surface area (Å²) in [6.07, 6.45) is 1.16. The summed E-state index contributed by atoms with van der Waals surface area (Å²) in [7, 11) is 0. The first-order valence-corrected chi connectivity index (χ1v) is 14.5. The minimum Gasteiger partial charge on any atom is -0.491 e. The van der Waals surface area contributed by atoms with E-state index in [1.807, 2.05) is 19.9 Å². The molecule has 0 bridgehead atoms. The quantitative estimate of drug-likeness (QED) is 0.250. The number of esters is 1. The van der Waals surface area contributed by atoms with Gasteiger partial charge < -0.3 is 14.8 Å². The first-order valence-electron chi connectivity index (χ1n) is 13.3. The molecule has 12 heteroatoms. The summed E-state index contributed by atoms with van der Waals surface area (Å²) in [5, 5.41) is 2.52. The molecule has 3 aromatic rings. The van der Waals surface area contributed by atoms with Crippen LogP contribution in [0.1, 0.15) is 39.3 Å². The molecule has 0 unspecified atom stereocenters. The number of thiazole rings is 1. The molecule has 10 nitrogen and oxygen atoms in total. The Balaban J connectivity index is 1.68. The number of rotatable bonds is 7. The fraction of sp³-hybridized carbons (Fsp3) is 0.267. The summed E-state index contributed by atoms with van der Waals surface area (Å²) in [6.45, 7) is 7.28. The van der Waals surface area contributed by atoms with Gasteiger partial charge in [-0.1, -0.05) is 47.7 Å². The maximum atomic E-state index is 14.1. The lowest BCUT2D eigenvalue weighted by molar-refractivity contribution is -0.139. The van der Waals surface area contributed by atoms with Crippen molar-refractivity contribution in [2.24, 2.45) is 10.9 Å². The number of hydrogen-bond donors (Lipinski definition) is 1. The molecule has 0 saturated carbocycles. The Kier molecular flexibility index (Phi) is 8.19. The first-order chi connectivity index (χ1) is 20.1. The lowest BCUT2D eigenvalue weighted by Crippen LogP contribution is -2.58. The zero-order valence-electron chi connectivity index (χ0n) is 23.3. The molecule has 216 valence electrons. The molecule has 0 aliphatic carbocycles. The second-order valence-corrected chi connectivity index (χ2v) is 11.2. The zero-order valence-corrected chi connectivity index (χ0v) is 25.0. The summed E-state index contributed by atoms with van der Waals surface area (Å²) < 4.78 is 12.9. The number of benzene rings is 2. The number of allylic oxidation sites excluding steroid dienone is 1. The molecule has 1 N–H and O–H groups in total. The molecule has 0 spiro atoms. The van der Waals surface area contributed by atoms with Gasteiger partial charge >= 0.3 is 5.97 Å². The number of anilines is 1. The summed E-state index contributed by atoms with van der Waals surface area (Å²) in [5.74, 6) is -2.65. The van der Waals surface area contributed by atoms with Crippen LogP contribution in [0.15, 0.2) is 75.7 Å². The van der Waals surface area contributed by atoms with Crippen LogP contribution in [0.25, 0.3) is 6.08 Å². The third-order valence-corrected chi connectivity index (χ3v) is 7.91. The highest BCUT2D eigenvalue weighted by atomic mass is 32.1. The number of aromatic nitrogens is 1. The lowest BCUT2D eigenvalue weighted by Gasteiger charge is -2.31. The van der Waals surface area contributed by atoms with E-state index in [2.05, 4.69) is 10.3 Å². The molecule has 42 heavy (non-hydrogen) atoms. The summed E-state index contributed by atoms with van der Waals surface area (Å²) in [5.41, 5.74) is 1.13. The third-order valence-electron chi connectivity index (χ3n) is 6.63. The van der Waals surface area contributed by atoms with Gasteiger partial charge in [-0.3, -0.25) is 23.9 Å². The summed E-state index contributed by atoms with van der Waals surface area (Å²) in [6, 6.07) is 14.9. The van der Waals surface area contributed by atoms with Crippen LogP contribution in [-0.2, 0) is 19.1 Å². The van der Waals surface area contributed by atoms with E-state index in [1.165, 1.54) is 15.5 Å². The molecule has 2 aliphatic rings. The Morgan fingerprint density at radius 1 is 1.12 bits per heavy atom. The van der Waals surface area contributed by atoms with Gasteiger partial charge in [0.1, 0.15) is 17.7 Å². The topological polar surface area (TPSA) is 119 Å². The Morgan fingerprint density at radius 2 is 1.81 bits per heavy atom. The van der Waals surface area contributed by atoms with Crippen molar-refractivity contribution in [3.63, 3.8) is 0 Å². The molecule has 2 atom stereocenters. The maximum Gasteiger partial charge on any atom is 0.338 e. The van der Waals surface area contributed by atoms with E-state index in [0.29, 0.717) is 27.5 Å². The van der Waals surface area contributed by atoms with Crippen LogP contribution in [0.5, 0.6) is 5.75 Å². The van der Waals surface area contributed by atoms with Crippen molar-refractivity contribution in [2.75, 3.05) is 11.5 Å². The summed E-state index contributed by atoms with van der Waals surface area (Å²) >= 11 is 6.30. The molecule has 0 radical (unpaired) electrons. The molecular formula is C30H28N4O6S2. The Bertz CT molecular complexity index is 1810. The van der Waals surface area contributed by atoms with Crippen molar-refractivity contribution in [1.82, 2.24) is 9.88 Å². The molecule has 1 fully saturated rings. The molecule has 2 amide bonds. The number of carbonyl (C=O) groups excluding carboxylic acids is 3. The minimum atomic E-state index is -1.32. The highest BCUT2D eigenvalue weighted by Crippen LogP contribution is 2.36. The van der Waals surface area contributed by atoms with Gasteiger partial charge in [-0.2, -0.15) is 0 Å². The molecule has 5 rings (SSSR count). The smallest absolute Gasteiger partial charge is 0.338 e. The minimum absolute atomic E-state index is 0.0428. The summed E-state index contributed by atoms with van der Waals surface area (Å²) in [4.78, 5) is 59.9. The monoisotopic (exact) mass is 604 g/mol. The van der Waals surface area contributed by atoms with E-state index in [4.69, 9.17) is 21.7 Å². The van der Waals surface area contributed by atoms with Crippen molar-refractivity contribution in [2.45, 2.75) is 39.8 Å². The number of para-hydroxylation sites is 2. The molecule has 2 aromatic carbocycles. The van der Waals surface area contributed by atoms with Crippen molar-refractivity contribution in [3.05, 3.63) is 91.1 Å². The van der Waals surface area contributed by atoms with Crippen LogP contribution in [0, 0.1) is 5.92 Å². The number of thiocarbonyl (C=S) groups is 1.